The number of nitrogens with zero attached hydrogens (tertiary/aromatic N) is 2. The molecule has 5 heteroatoms. The van der Waals surface area contributed by atoms with E-state index in [2.05, 4.69) is 10.3 Å². The van der Waals surface area contributed by atoms with E-state index in [1.165, 1.54) is 0 Å². The molecule has 0 fully saturated rings. The van der Waals surface area contributed by atoms with Gasteiger partial charge in [0.1, 0.15) is 0 Å². The lowest BCUT2D eigenvalue weighted by Crippen LogP contribution is -2.16. The van der Waals surface area contributed by atoms with Gasteiger partial charge in [-0.05, 0) is 13.8 Å². The standard InChI is InChI=1S/C10H15N3O2/c1-3-13-8-6-11-5-7(8)12-9(13)10(14)15-4-2/h11H,3-6H2,1-2H3. The maximum absolute atomic E-state index is 11.6. The molecule has 0 bridgehead atoms. The van der Waals surface area contributed by atoms with Crippen molar-refractivity contribution in [3.05, 3.63) is 17.2 Å². The van der Waals surface area contributed by atoms with Gasteiger partial charge in [0, 0.05) is 19.6 Å². The summed E-state index contributed by atoms with van der Waals surface area (Å²) < 4.78 is 6.89. The molecule has 2 heterocycles. The quantitative estimate of drug-likeness (QED) is 0.744. The van der Waals surface area contributed by atoms with Gasteiger partial charge in [0.2, 0.25) is 5.82 Å². The molecule has 1 aromatic heterocycles. The fourth-order valence-electron chi connectivity index (χ4n) is 1.87. The summed E-state index contributed by atoms with van der Waals surface area (Å²) in [6, 6.07) is 0. The van der Waals surface area contributed by atoms with Gasteiger partial charge in [-0.2, -0.15) is 0 Å². The van der Waals surface area contributed by atoms with E-state index in [1.807, 2.05) is 11.5 Å². The summed E-state index contributed by atoms with van der Waals surface area (Å²) in [6.45, 7) is 6.47. The maximum atomic E-state index is 11.6. The van der Waals surface area contributed by atoms with Crippen LogP contribution in [-0.4, -0.2) is 22.1 Å². The first-order chi connectivity index (χ1) is 7.27. The first kappa shape index (κ1) is 10.2. The smallest absolute Gasteiger partial charge is 0.374 e. The lowest BCUT2D eigenvalue weighted by atomic mass is 10.4. The minimum Gasteiger partial charge on any atom is -0.460 e. The third kappa shape index (κ3) is 1.63. The number of rotatable bonds is 3. The second-order valence-corrected chi connectivity index (χ2v) is 3.40. The summed E-state index contributed by atoms with van der Waals surface area (Å²) in [5.41, 5.74) is 2.08. The topological polar surface area (TPSA) is 56.1 Å². The molecule has 1 aliphatic heterocycles. The predicted molar refractivity (Wildman–Crippen MR) is 54.4 cm³/mol. The summed E-state index contributed by atoms with van der Waals surface area (Å²) in [6.07, 6.45) is 0. The molecule has 1 N–H and O–H groups in total. The highest BCUT2D eigenvalue weighted by Gasteiger charge is 2.24. The Morgan fingerprint density at radius 2 is 2.33 bits per heavy atom. The Balaban J connectivity index is 2.35. The third-order valence-electron chi connectivity index (χ3n) is 2.51. The molecule has 0 saturated heterocycles. The van der Waals surface area contributed by atoms with Crippen molar-refractivity contribution in [2.45, 2.75) is 33.5 Å². The second kappa shape index (κ2) is 4.02. The maximum Gasteiger partial charge on any atom is 0.374 e. The minimum atomic E-state index is -0.325. The Labute approximate surface area is 88.4 Å². The van der Waals surface area contributed by atoms with Gasteiger partial charge < -0.3 is 14.6 Å². The molecule has 2 rings (SSSR count). The molecule has 15 heavy (non-hydrogen) atoms. The van der Waals surface area contributed by atoms with E-state index >= 15 is 0 Å². The molecule has 5 nitrogen and oxygen atoms in total. The first-order valence-electron chi connectivity index (χ1n) is 5.24. The van der Waals surface area contributed by atoms with E-state index in [4.69, 9.17) is 4.74 Å². The van der Waals surface area contributed by atoms with Gasteiger partial charge in [0.25, 0.3) is 0 Å². The Morgan fingerprint density at radius 1 is 1.53 bits per heavy atom. The van der Waals surface area contributed by atoms with Crippen LogP contribution in [0.2, 0.25) is 0 Å². The van der Waals surface area contributed by atoms with Crippen LogP contribution in [0.3, 0.4) is 0 Å². The number of imidazole rings is 1. The van der Waals surface area contributed by atoms with Crippen LogP contribution in [0.1, 0.15) is 35.9 Å². The van der Waals surface area contributed by atoms with Crippen LogP contribution in [0.5, 0.6) is 0 Å². The van der Waals surface area contributed by atoms with Crippen molar-refractivity contribution in [3.8, 4) is 0 Å². The Morgan fingerprint density at radius 3 is 3.00 bits per heavy atom. The Bertz CT molecular complexity index is 384. The number of hydrogen-bond donors (Lipinski definition) is 1. The lowest BCUT2D eigenvalue weighted by Gasteiger charge is -2.06. The van der Waals surface area contributed by atoms with Crippen molar-refractivity contribution in [2.75, 3.05) is 6.61 Å². The molecule has 0 amide bonds. The molecule has 0 radical (unpaired) electrons. The van der Waals surface area contributed by atoms with Gasteiger partial charge in [0.15, 0.2) is 0 Å². The van der Waals surface area contributed by atoms with Crippen molar-refractivity contribution in [3.63, 3.8) is 0 Å². The monoisotopic (exact) mass is 209 g/mol. The van der Waals surface area contributed by atoms with E-state index in [1.54, 1.807) is 6.92 Å². The van der Waals surface area contributed by atoms with E-state index in [9.17, 15) is 4.79 Å². The zero-order chi connectivity index (χ0) is 10.8. The van der Waals surface area contributed by atoms with Gasteiger partial charge >= 0.3 is 5.97 Å². The molecular weight excluding hydrogens is 194 g/mol. The summed E-state index contributed by atoms with van der Waals surface area (Å²) in [4.78, 5) is 15.9. The van der Waals surface area contributed by atoms with Gasteiger partial charge in [0.05, 0.1) is 18.0 Å². The van der Waals surface area contributed by atoms with E-state index < -0.39 is 0 Å². The van der Waals surface area contributed by atoms with Crippen LogP contribution in [-0.2, 0) is 24.4 Å². The highest BCUT2D eigenvalue weighted by Crippen LogP contribution is 2.17. The largest absolute Gasteiger partial charge is 0.460 e. The highest BCUT2D eigenvalue weighted by atomic mass is 16.5. The molecule has 0 aliphatic carbocycles. The lowest BCUT2D eigenvalue weighted by molar-refractivity contribution is 0.0506. The van der Waals surface area contributed by atoms with Crippen molar-refractivity contribution in [2.24, 2.45) is 0 Å². The third-order valence-corrected chi connectivity index (χ3v) is 2.51. The number of fused-ring (bicyclic) bond motifs is 1. The summed E-state index contributed by atoms with van der Waals surface area (Å²) in [7, 11) is 0. The van der Waals surface area contributed by atoms with Gasteiger partial charge in [-0.1, -0.05) is 0 Å². The molecule has 0 spiro atoms. The Kier molecular flexibility index (Phi) is 2.73. The number of aromatic nitrogens is 2. The average Bonchev–Trinajstić information content (AvgIpc) is 2.76. The van der Waals surface area contributed by atoms with E-state index in [0.717, 1.165) is 31.0 Å². The van der Waals surface area contributed by atoms with Gasteiger partial charge in [-0.15, -0.1) is 0 Å². The zero-order valence-corrected chi connectivity index (χ0v) is 9.04. The van der Waals surface area contributed by atoms with Gasteiger partial charge in [-0.3, -0.25) is 0 Å². The van der Waals surface area contributed by atoms with Crippen LogP contribution >= 0.6 is 0 Å². The summed E-state index contributed by atoms with van der Waals surface area (Å²) >= 11 is 0. The molecule has 0 unspecified atom stereocenters. The van der Waals surface area contributed by atoms with Crippen molar-refractivity contribution in [1.82, 2.24) is 14.9 Å². The Hall–Kier alpha value is -1.36. The number of nitrogens with one attached hydrogen (secondary N) is 1. The average molecular weight is 209 g/mol. The van der Waals surface area contributed by atoms with Crippen LogP contribution in [0, 0.1) is 0 Å². The molecular formula is C10H15N3O2. The first-order valence-corrected chi connectivity index (χ1v) is 5.24. The van der Waals surface area contributed by atoms with Gasteiger partial charge in [-0.25, -0.2) is 9.78 Å². The van der Waals surface area contributed by atoms with Crippen molar-refractivity contribution in [1.29, 1.82) is 0 Å². The summed E-state index contributed by atoms with van der Waals surface area (Å²) in [5.74, 6) is 0.111. The number of ether oxygens (including phenoxy) is 1. The number of carbonyl (C=O) groups excluding carboxylic acids is 1. The second-order valence-electron chi connectivity index (χ2n) is 3.40. The molecule has 82 valence electrons. The fraction of sp³-hybridized carbons (Fsp3) is 0.600. The molecule has 1 aliphatic rings. The van der Waals surface area contributed by atoms with Crippen LogP contribution in [0.25, 0.3) is 0 Å². The number of carbonyl (C=O) groups is 1. The van der Waals surface area contributed by atoms with Crippen LogP contribution < -0.4 is 5.32 Å². The molecule has 0 saturated carbocycles. The molecule has 0 aromatic carbocycles. The fourth-order valence-corrected chi connectivity index (χ4v) is 1.87. The van der Waals surface area contributed by atoms with E-state index in [-0.39, 0.29) is 5.97 Å². The minimum absolute atomic E-state index is 0.325. The predicted octanol–water partition coefficient (Wildman–Crippen LogP) is 0.683. The zero-order valence-electron chi connectivity index (χ0n) is 9.04. The highest BCUT2D eigenvalue weighted by molar-refractivity contribution is 5.86. The normalized spacial score (nSPS) is 14.0. The number of hydrogen-bond acceptors (Lipinski definition) is 4. The molecule has 0 atom stereocenters. The summed E-state index contributed by atoms with van der Waals surface area (Å²) in [5, 5.41) is 3.21. The van der Waals surface area contributed by atoms with Crippen LogP contribution in [0.4, 0.5) is 0 Å². The molecule has 1 aromatic rings. The van der Waals surface area contributed by atoms with Crippen molar-refractivity contribution < 1.29 is 9.53 Å². The number of esters is 1. The SMILES string of the molecule is CCOC(=O)c1nc2c(n1CC)CNC2. The van der Waals surface area contributed by atoms with Crippen molar-refractivity contribution >= 4 is 5.97 Å². The van der Waals surface area contributed by atoms with Crippen LogP contribution in [0.15, 0.2) is 0 Å². The van der Waals surface area contributed by atoms with E-state index in [0.29, 0.717) is 12.4 Å².